The topological polar surface area (TPSA) is 52.6 Å². The van der Waals surface area contributed by atoms with Gasteiger partial charge in [-0.1, -0.05) is 27.2 Å². The Bertz CT molecular complexity index is 403. The van der Waals surface area contributed by atoms with Crippen molar-refractivity contribution in [3.05, 3.63) is 0 Å². The highest BCUT2D eigenvalue weighted by atomic mass is 16.2. The fourth-order valence-electron chi connectivity index (χ4n) is 3.22. The molecule has 0 aromatic carbocycles. The van der Waals surface area contributed by atoms with E-state index in [9.17, 15) is 9.59 Å². The largest absolute Gasteiger partial charge is 0.344 e. The van der Waals surface area contributed by atoms with Crippen molar-refractivity contribution in [2.24, 2.45) is 5.41 Å². The van der Waals surface area contributed by atoms with Crippen molar-refractivity contribution in [1.29, 1.82) is 0 Å². The Kier molecular flexibility index (Phi) is 4.91. The average molecular weight is 295 g/mol. The van der Waals surface area contributed by atoms with Crippen molar-refractivity contribution in [1.82, 2.24) is 15.1 Å². The van der Waals surface area contributed by atoms with Crippen LogP contribution in [0, 0.1) is 5.41 Å². The van der Waals surface area contributed by atoms with E-state index in [2.05, 4.69) is 17.3 Å². The Balaban J connectivity index is 2.10. The maximum atomic E-state index is 12.8. The second-order valence-electron chi connectivity index (χ2n) is 7.53. The molecule has 2 aliphatic rings. The average Bonchev–Trinajstić information content (AvgIpc) is 2.53. The van der Waals surface area contributed by atoms with E-state index < -0.39 is 6.04 Å². The summed E-state index contributed by atoms with van der Waals surface area (Å²) in [7, 11) is 2.14. The van der Waals surface area contributed by atoms with Crippen LogP contribution in [-0.2, 0) is 9.59 Å². The van der Waals surface area contributed by atoms with Crippen LogP contribution >= 0.6 is 0 Å². The van der Waals surface area contributed by atoms with E-state index in [0.29, 0.717) is 19.0 Å². The molecule has 2 atom stereocenters. The first kappa shape index (κ1) is 16.3. The third-order valence-corrected chi connectivity index (χ3v) is 4.69. The Morgan fingerprint density at radius 2 is 1.90 bits per heavy atom. The summed E-state index contributed by atoms with van der Waals surface area (Å²) in [6, 6.07) is 0.0120. The lowest BCUT2D eigenvalue weighted by Crippen LogP contribution is -2.54. The van der Waals surface area contributed by atoms with Gasteiger partial charge >= 0.3 is 0 Å². The predicted octanol–water partition coefficient (Wildman–Crippen LogP) is 1.23. The molecule has 2 aliphatic heterocycles. The van der Waals surface area contributed by atoms with Gasteiger partial charge in [-0.2, -0.15) is 0 Å². The molecule has 120 valence electrons. The fourth-order valence-corrected chi connectivity index (χ4v) is 3.22. The van der Waals surface area contributed by atoms with Crippen molar-refractivity contribution >= 4 is 11.8 Å². The molecular formula is C16H29N3O2. The second-order valence-corrected chi connectivity index (χ2v) is 7.53. The standard InChI is InChI=1S/C16H29N3O2/c1-16(2,3)14-15(21)19(10-8-13(20)17-14)11-12-7-5-6-9-18(12)4/h12,14H,5-11H2,1-4H3,(H,17,20). The number of nitrogens with one attached hydrogen (secondary N) is 1. The van der Waals surface area contributed by atoms with Gasteiger partial charge in [-0.3, -0.25) is 9.59 Å². The van der Waals surface area contributed by atoms with Gasteiger partial charge in [-0.15, -0.1) is 0 Å². The number of likely N-dealkylation sites (N-methyl/N-ethyl adjacent to an activating group) is 1. The number of likely N-dealkylation sites (tertiary alicyclic amines) is 1. The molecule has 0 aromatic rings. The molecule has 5 nitrogen and oxygen atoms in total. The van der Waals surface area contributed by atoms with Crippen LogP contribution in [0.5, 0.6) is 0 Å². The lowest BCUT2D eigenvalue weighted by Gasteiger charge is -2.38. The normalized spacial score (nSPS) is 29.2. The van der Waals surface area contributed by atoms with Crippen LogP contribution in [0.25, 0.3) is 0 Å². The summed E-state index contributed by atoms with van der Waals surface area (Å²) in [6.45, 7) is 8.41. The zero-order chi connectivity index (χ0) is 15.6. The van der Waals surface area contributed by atoms with E-state index in [1.54, 1.807) is 0 Å². The molecule has 0 bridgehead atoms. The van der Waals surface area contributed by atoms with Gasteiger partial charge in [0.05, 0.1) is 0 Å². The van der Waals surface area contributed by atoms with E-state index in [4.69, 9.17) is 0 Å². The highest BCUT2D eigenvalue weighted by molar-refractivity contribution is 5.90. The first-order valence-electron chi connectivity index (χ1n) is 8.07. The van der Waals surface area contributed by atoms with Crippen LogP contribution in [0.3, 0.4) is 0 Å². The van der Waals surface area contributed by atoms with Crippen LogP contribution in [0.4, 0.5) is 0 Å². The van der Waals surface area contributed by atoms with Gasteiger partial charge in [-0.05, 0) is 31.8 Å². The maximum Gasteiger partial charge on any atom is 0.245 e. The highest BCUT2D eigenvalue weighted by Crippen LogP contribution is 2.24. The molecule has 21 heavy (non-hydrogen) atoms. The summed E-state index contributed by atoms with van der Waals surface area (Å²) >= 11 is 0. The van der Waals surface area contributed by atoms with Gasteiger partial charge in [0.1, 0.15) is 6.04 Å². The van der Waals surface area contributed by atoms with Crippen LogP contribution < -0.4 is 5.32 Å². The number of carbonyl (C=O) groups is 2. The van der Waals surface area contributed by atoms with Crippen LogP contribution in [0.15, 0.2) is 0 Å². The Labute approximate surface area is 128 Å². The third kappa shape index (κ3) is 3.96. The van der Waals surface area contributed by atoms with Gasteiger partial charge in [-0.25, -0.2) is 0 Å². The molecule has 5 heteroatoms. The SMILES string of the molecule is CN1CCCCC1CN1CCC(=O)NC(C(C)(C)C)C1=O. The summed E-state index contributed by atoms with van der Waals surface area (Å²) in [5.74, 6) is 0.0649. The van der Waals surface area contributed by atoms with Crippen molar-refractivity contribution < 1.29 is 9.59 Å². The molecule has 2 saturated heterocycles. The Morgan fingerprint density at radius 1 is 1.19 bits per heavy atom. The van der Waals surface area contributed by atoms with Gasteiger partial charge in [0.2, 0.25) is 11.8 Å². The van der Waals surface area contributed by atoms with Gasteiger partial charge in [0.25, 0.3) is 0 Å². The van der Waals surface area contributed by atoms with Gasteiger partial charge in [0.15, 0.2) is 0 Å². The smallest absolute Gasteiger partial charge is 0.245 e. The summed E-state index contributed by atoms with van der Waals surface area (Å²) < 4.78 is 0. The molecule has 0 aromatic heterocycles. The van der Waals surface area contributed by atoms with E-state index in [-0.39, 0.29) is 17.2 Å². The monoisotopic (exact) mass is 295 g/mol. The number of nitrogens with zero attached hydrogens (tertiary/aromatic N) is 2. The Hall–Kier alpha value is -1.10. The number of rotatable bonds is 2. The van der Waals surface area contributed by atoms with E-state index in [1.165, 1.54) is 12.8 Å². The zero-order valence-electron chi connectivity index (χ0n) is 13.8. The summed E-state index contributed by atoms with van der Waals surface area (Å²) in [6.07, 6.45) is 4.03. The van der Waals surface area contributed by atoms with Crippen molar-refractivity contribution in [2.75, 3.05) is 26.7 Å². The zero-order valence-corrected chi connectivity index (χ0v) is 13.8. The molecule has 2 rings (SSSR count). The molecule has 2 heterocycles. The highest BCUT2D eigenvalue weighted by Gasteiger charge is 2.38. The minimum absolute atomic E-state index is 0.0113. The van der Waals surface area contributed by atoms with E-state index in [0.717, 1.165) is 19.5 Å². The molecule has 2 amide bonds. The number of hydrogen-bond acceptors (Lipinski definition) is 3. The van der Waals surface area contributed by atoms with Gasteiger partial charge < -0.3 is 15.1 Å². The summed E-state index contributed by atoms with van der Waals surface area (Å²) in [5.41, 5.74) is -0.256. The number of amides is 2. The van der Waals surface area contributed by atoms with Crippen molar-refractivity contribution in [3.63, 3.8) is 0 Å². The number of piperidine rings is 1. The minimum atomic E-state index is -0.415. The van der Waals surface area contributed by atoms with E-state index in [1.807, 2.05) is 25.7 Å². The lowest BCUT2D eigenvalue weighted by molar-refractivity contribution is -0.137. The first-order chi connectivity index (χ1) is 9.79. The third-order valence-electron chi connectivity index (χ3n) is 4.69. The molecular weight excluding hydrogens is 266 g/mol. The lowest BCUT2D eigenvalue weighted by atomic mass is 9.86. The first-order valence-corrected chi connectivity index (χ1v) is 8.07. The minimum Gasteiger partial charge on any atom is -0.344 e. The summed E-state index contributed by atoms with van der Waals surface area (Å²) in [5, 5.41) is 2.90. The number of carbonyl (C=O) groups excluding carboxylic acids is 2. The molecule has 1 N–H and O–H groups in total. The molecule has 0 radical (unpaired) electrons. The van der Waals surface area contributed by atoms with Crippen LogP contribution in [-0.4, -0.2) is 60.4 Å². The molecule has 0 aliphatic carbocycles. The second kappa shape index (κ2) is 6.34. The quantitative estimate of drug-likeness (QED) is 0.834. The van der Waals surface area contributed by atoms with Crippen molar-refractivity contribution in [3.8, 4) is 0 Å². The van der Waals surface area contributed by atoms with Crippen LogP contribution in [0.1, 0.15) is 46.5 Å². The van der Waals surface area contributed by atoms with Crippen molar-refractivity contribution in [2.45, 2.75) is 58.5 Å². The molecule has 0 saturated carbocycles. The number of hydrogen-bond donors (Lipinski definition) is 1. The molecule has 2 unspecified atom stereocenters. The maximum absolute atomic E-state index is 12.8. The molecule has 2 fully saturated rings. The van der Waals surface area contributed by atoms with Gasteiger partial charge in [0, 0.05) is 25.6 Å². The van der Waals surface area contributed by atoms with E-state index >= 15 is 0 Å². The summed E-state index contributed by atoms with van der Waals surface area (Å²) in [4.78, 5) is 29.0. The fraction of sp³-hybridized carbons (Fsp3) is 0.875. The Morgan fingerprint density at radius 3 is 2.52 bits per heavy atom. The molecule has 0 spiro atoms. The van der Waals surface area contributed by atoms with Crippen LogP contribution in [0.2, 0.25) is 0 Å². The predicted molar refractivity (Wildman–Crippen MR) is 82.9 cm³/mol.